The Bertz CT molecular complexity index is 1090. The topological polar surface area (TPSA) is 78.7 Å². The van der Waals surface area contributed by atoms with Crippen LogP contribution in [0.25, 0.3) is 10.9 Å². The lowest BCUT2D eigenvalue weighted by molar-refractivity contribution is 0.363. The molecule has 4 aromatic heterocycles. The molecule has 0 amide bonds. The molecule has 0 bridgehead atoms. The first-order valence-electron chi connectivity index (χ1n) is 8.51. The minimum Gasteiger partial charge on any atom is -0.339 e. The van der Waals surface area contributed by atoms with Crippen LogP contribution in [0, 0.1) is 0 Å². The number of pyridine rings is 2. The Morgan fingerprint density at radius 3 is 2.62 bits per heavy atom. The van der Waals surface area contributed by atoms with E-state index in [1.807, 2.05) is 48.9 Å². The third-order valence-electron chi connectivity index (χ3n) is 4.27. The minimum absolute atomic E-state index is 0.0827. The van der Waals surface area contributed by atoms with Crippen LogP contribution in [-0.2, 0) is 13.1 Å². The van der Waals surface area contributed by atoms with E-state index in [2.05, 4.69) is 15.1 Å². The van der Waals surface area contributed by atoms with Crippen molar-refractivity contribution in [2.24, 2.45) is 0 Å². The molecule has 132 valence electrons. The summed E-state index contributed by atoms with van der Waals surface area (Å²) in [6, 6.07) is 7.75. The van der Waals surface area contributed by atoms with E-state index in [1.165, 1.54) is 0 Å². The summed E-state index contributed by atoms with van der Waals surface area (Å²) in [7, 11) is 0. The van der Waals surface area contributed by atoms with Crippen LogP contribution in [0.15, 0.2) is 58.4 Å². The van der Waals surface area contributed by atoms with E-state index < -0.39 is 0 Å². The van der Waals surface area contributed by atoms with Crippen molar-refractivity contribution in [1.82, 2.24) is 24.3 Å². The Morgan fingerprint density at radius 2 is 1.92 bits per heavy atom. The summed E-state index contributed by atoms with van der Waals surface area (Å²) in [5.41, 5.74) is 1.61. The number of hydrogen-bond acceptors (Lipinski definition) is 5. The zero-order valence-electron chi connectivity index (χ0n) is 14.7. The summed E-state index contributed by atoms with van der Waals surface area (Å²) in [6.45, 7) is 4.84. The van der Waals surface area contributed by atoms with Crippen LogP contribution in [-0.4, -0.2) is 24.3 Å². The van der Waals surface area contributed by atoms with Gasteiger partial charge < -0.3 is 13.7 Å². The molecular weight excluding hydrogens is 330 g/mol. The van der Waals surface area contributed by atoms with E-state index in [1.54, 1.807) is 23.2 Å². The molecule has 26 heavy (non-hydrogen) atoms. The molecular formula is C19H19N5O2. The van der Waals surface area contributed by atoms with E-state index in [4.69, 9.17) is 4.52 Å². The van der Waals surface area contributed by atoms with Crippen molar-refractivity contribution < 1.29 is 4.52 Å². The van der Waals surface area contributed by atoms with Gasteiger partial charge in [0, 0.05) is 42.6 Å². The standard InChI is InChI=1S/C19H19N5O2/c1-13(2)18-21-16(26-22-18)12-24-9-6-15-5-8-23(17(15)19(24)25)11-14-4-3-7-20-10-14/h3-10,13H,11-12H2,1-2H3. The monoisotopic (exact) mass is 349 g/mol. The average Bonchev–Trinajstić information content (AvgIpc) is 3.26. The van der Waals surface area contributed by atoms with Crippen molar-refractivity contribution in [1.29, 1.82) is 0 Å². The second kappa shape index (κ2) is 6.59. The second-order valence-corrected chi connectivity index (χ2v) is 6.56. The van der Waals surface area contributed by atoms with Crippen molar-refractivity contribution in [2.75, 3.05) is 0 Å². The fourth-order valence-corrected chi connectivity index (χ4v) is 2.90. The third kappa shape index (κ3) is 3.03. The molecule has 0 aromatic carbocycles. The Labute approximate surface area is 149 Å². The first kappa shape index (κ1) is 16.3. The second-order valence-electron chi connectivity index (χ2n) is 6.56. The highest BCUT2D eigenvalue weighted by Gasteiger charge is 2.13. The lowest BCUT2D eigenvalue weighted by atomic mass is 10.2. The summed E-state index contributed by atoms with van der Waals surface area (Å²) in [6.07, 6.45) is 7.23. The van der Waals surface area contributed by atoms with Crippen molar-refractivity contribution in [2.45, 2.75) is 32.9 Å². The van der Waals surface area contributed by atoms with Crippen molar-refractivity contribution in [3.8, 4) is 0 Å². The Kier molecular flexibility index (Phi) is 4.12. The Morgan fingerprint density at radius 1 is 1.12 bits per heavy atom. The number of nitrogens with zero attached hydrogens (tertiary/aromatic N) is 5. The average molecular weight is 349 g/mol. The van der Waals surface area contributed by atoms with Gasteiger partial charge in [-0.15, -0.1) is 0 Å². The minimum atomic E-state index is -0.0827. The van der Waals surface area contributed by atoms with E-state index in [0.29, 0.717) is 23.8 Å². The highest BCUT2D eigenvalue weighted by Crippen LogP contribution is 2.14. The SMILES string of the molecule is CC(C)c1noc(Cn2ccc3ccn(Cc4cccnc4)c3c2=O)n1. The molecule has 0 saturated carbocycles. The first-order valence-corrected chi connectivity index (χ1v) is 8.51. The number of hydrogen-bond donors (Lipinski definition) is 0. The summed E-state index contributed by atoms with van der Waals surface area (Å²) in [4.78, 5) is 21.5. The van der Waals surface area contributed by atoms with Gasteiger partial charge >= 0.3 is 0 Å². The molecule has 0 spiro atoms. The third-order valence-corrected chi connectivity index (χ3v) is 4.27. The molecule has 0 N–H and O–H groups in total. The van der Waals surface area contributed by atoms with Crippen LogP contribution in [0.4, 0.5) is 0 Å². The van der Waals surface area contributed by atoms with E-state index in [9.17, 15) is 4.79 Å². The van der Waals surface area contributed by atoms with Gasteiger partial charge in [0.15, 0.2) is 5.82 Å². The summed E-state index contributed by atoms with van der Waals surface area (Å²) < 4.78 is 8.81. The van der Waals surface area contributed by atoms with Gasteiger partial charge in [-0.1, -0.05) is 25.1 Å². The van der Waals surface area contributed by atoms with Gasteiger partial charge in [0.1, 0.15) is 12.1 Å². The summed E-state index contributed by atoms with van der Waals surface area (Å²) in [5, 5.41) is 4.86. The van der Waals surface area contributed by atoms with Crippen LogP contribution in [0.2, 0.25) is 0 Å². The molecule has 0 aliphatic heterocycles. The fourth-order valence-electron chi connectivity index (χ4n) is 2.90. The molecule has 0 saturated heterocycles. The van der Waals surface area contributed by atoms with Crippen molar-refractivity contribution >= 4 is 10.9 Å². The van der Waals surface area contributed by atoms with Crippen molar-refractivity contribution in [3.05, 3.63) is 76.7 Å². The van der Waals surface area contributed by atoms with Crippen molar-refractivity contribution in [3.63, 3.8) is 0 Å². The van der Waals surface area contributed by atoms with Gasteiger partial charge in [-0.3, -0.25) is 9.78 Å². The zero-order chi connectivity index (χ0) is 18.1. The van der Waals surface area contributed by atoms with Gasteiger partial charge in [-0.25, -0.2) is 0 Å². The van der Waals surface area contributed by atoms with Crippen LogP contribution in [0.1, 0.15) is 37.0 Å². The van der Waals surface area contributed by atoms with Crippen LogP contribution in [0.5, 0.6) is 0 Å². The molecule has 7 nitrogen and oxygen atoms in total. The highest BCUT2D eigenvalue weighted by atomic mass is 16.5. The molecule has 0 aliphatic carbocycles. The number of fused-ring (bicyclic) bond motifs is 1. The van der Waals surface area contributed by atoms with Gasteiger partial charge in [-0.2, -0.15) is 4.98 Å². The molecule has 0 radical (unpaired) electrons. The van der Waals surface area contributed by atoms with Gasteiger partial charge in [0.25, 0.3) is 5.56 Å². The normalized spacial score (nSPS) is 11.5. The quantitative estimate of drug-likeness (QED) is 0.553. The molecule has 0 aliphatic rings. The van der Waals surface area contributed by atoms with E-state index >= 15 is 0 Å². The Hall–Kier alpha value is -3.22. The molecule has 4 aromatic rings. The van der Waals surface area contributed by atoms with Gasteiger partial charge in [0.2, 0.25) is 5.89 Å². The smallest absolute Gasteiger partial charge is 0.275 e. The number of aromatic nitrogens is 5. The predicted octanol–water partition coefficient (Wildman–Crippen LogP) is 2.80. The van der Waals surface area contributed by atoms with Crippen LogP contribution >= 0.6 is 0 Å². The lowest BCUT2D eigenvalue weighted by Crippen LogP contribution is -2.22. The maximum Gasteiger partial charge on any atom is 0.275 e. The van der Waals surface area contributed by atoms with Gasteiger partial charge in [0.05, 0.1) is 0 Å². The zero-order valence-corrected chi connectivity index (χ0v) is 14.7. The molecule has 4 rings (SSSR count). The summed E-state index contributed by atoms with van der Waals surface area (Å²) in [5.74, 6) is 1.26. The maximum absolute atomic E-state index is 13.0. The molecule has 0 atom stereocenters. The molecule has 0 unspecified atom stereocenters. The summed E-state index contributed by atoms with van der Waals surface area (Å²) >= 11 is 0. The first-order chi connectivity index (χ1) is 12.6. The van der Waals surface area contributed by atoms with Gasteiger partial charge in [-0.05, 0) is 23.8 Å². The molecule has 0 fully saturated rings. The fraction of sp³-hybridized carbons (Fsp3) is 0.263. The maximum atomic E-state index is 13.0. The lowest BCUT2D eigenvalue weighted by Gasteiger charge is -2.07. The van der Waals surface area contributed by atoms with E-state index in [-0.39, 0.29) is 18.0 Å². The largest absolute Gasteiger partial charge is 0.339 e. The van der Waals surface area contributed by atoms with Crippen LogP contribution in [0.3, 0.4) is 0 Å². The molecule has 7 heteroatoms. The Balaban J connectivity index is 1.69. The predicted molar refractivity (Wildman–Crippen MR) is 97.0 cm³/mol. The van der Waals surface area contributed by atoms with E-state index in [0.717, 1.165) is 10.9 Å². The molecule has 4 heterocycles. The highest BCUT2D eigenvalue weighted by molar-refractivity contribution is 5.79. The van der Waals surface area contributed by atoms with Crippen LogP contribution < -0.4 is 5.56 Å². The number of rotatable bonds is 5.